The topological polar surface area (TPSA) is 149 Å². The molecule has 0 aromatic carbocycles. The molecule has 4 N–H and O–H groups in total. The molecule has 0 heterocycles. The third-order valence-electron chi connectivity index (χ3n) is 6.03. The minimum atomic E-state index is -1.46. The van der Waals surface area contributed by atoms with Gasteiger partial charge in [-0.1, -0.05) is 0 Å². The highest BCUT2D eigenvalue weighted by Crippen LogP contribution is 2.72. The van der Waals surface area contributed by atoms with Crippen molar-refractivity contribution in [2.45, 2.75) is 19.3 Å². The van der Waals surface area contributed by atoms with E-state index in [2.05, 4.69) is 0 Å². The third kappa shape index (κ3) is 1.63. The standard InChI is InChI=1S/C14H16O8/c15-6(16)3-14(13(21)22)2-4-1-5(14)8-7(4)9(11(17)18)10(8)12(19)20/h4-5,7-10H,1-3H2,(H,15,16)(H,17,18)(H,19,20)(H,21,22). The van der Waals surface area contributed by atoms with Gasteiger partial charge in [-0.3, -0.25) is 19.2 Å². The molecule has 0 spiro atoms. The first kappa shape index (κ1) is 14.8. The average molecular weight is 312 g/mol. The number of aliphatic carboxylic acids is 4. The van der Waals surface area contributed by atoms with Crippen LogP contribution in [-0.2, 0) is 19.2 Å². The first-order valence-electron chi connectivity index (χ1n) is 7.11. The van der Waals surface area contributed by atoms with E-state index in [0.717, 1.165) is 0 Å². The van der Waals surface area contributed by atoms with Crippen molar-refractivity contribution in [3.63, 3.8) is 0 Å². The Balaban J connectivity index is 1.96. The summed E-state index contributed by atoms with van der Waals surface area (Å²) in [6, 6.07) is 0. The number of fused-ring (bicyclic) bond motifs is 5. The summed E-state index contributed by atoms with van der Waals surface area (Å²) in [4.78, 5) is 45.5. The maximum Gasteiger partial charge on any atom is 0.310 e. The fourth-order valence-electron chi connectivity index (χ4n) is 5.44. The van der Waals surface area contributed by atoms with Crippen molar-refractivity contribution in [2.24, 2.45) is 40.9 Å². The van der Waals surface area contributed by atoms with Crippen molar-refractivity contribution >= 4 is 23.9 Å². The quantitative estimate of drug-likeness (QED) is 0.563. The lowest BCUT2D eigenvalue weighted by atomic mass is 9.47. The zero-order valence-electron chi connectivity index (χ0n) is 11.5. The molecular formula is C14H16O8. The van der Waals surface area contributed by atoms with Gasteiger partial charge in [-0.15, -0.1) is 0 Å². The second-order valence-electron chi connectivity index (χ2n) is 6.72. The van der Waals surface area contributed by atoms with Crippen molar-refractivity contribution < 1.29 is 39.6 Å². The highest BCUT2D eigenvalue weighted by atomic mass is 16.4. The molecule has 3 aliphatic rings. The van der Waals surface area contributed by atoms with Gasteiger partial charge in [0.05, 0.1) is 23.7 Å². The normalized spacial score (nSPS) is 44.9. The largest absolute Gasteiger partial charge is 0.481 e. The highest BCUT2D eigenvalue weighted by Gasteiger charge is 2.74. The summed E-state index contributed by atoms with van der Waals surface area (Å²) >= 11 is 0. The van der Waals surface area contributed by atoms with Crippen LogP contribution in [0.1, 0.15) is 19.3 Å². The zero-order chi connectivity index (χ0) is 16.4. The van der Waals surface area contributed by atoms with Gasteiger partial charge in [0, 0.05) is 0 Å². The molecular weight excluding hydrogens is 296 g/mol. The molecule has 0 aromatic rings. The number of hydrogen-bond donors (Lipinski definition) is 4. The van der Waals surface area contributed by atoms with Gasteiger partial charge in [-0.25, -0.2) is 0 Å². The first-order chi connectivity index (χ1) is 10.2. The van der Waals surface area contributed by atoms with Crippen LogP contribution in [0.15, 0.2) is 0 Å². The maximum atomic E-state index is 11.7. The molecule has 3 aliphatic carbocycles. The summed E-state index contributed by atoms with van der Waals surface area (Å²) in [5.74, 6) is -8.65. The summed E-state index contributed by atoms with van der Waals surface area (Å²) in [6.45, 7) is 0. The Hall–Kier alpha value is -2.12. The highest BCUT2D eigenvalue weighted by molar-refractivity contribution is 5.86. The molecule has 3 rings (SSSR count). The maximum absolute atomic E-state index is 11.7. The Kier molecular flexibility index (Phi) is 2.99. The molecule has 22 heavy (non-hydrogen) atoms. The second kappa shape index (κ2) is 4.44. The van der Waals surface area contributed by atoms with Gasteiger partial charge >= 0.3 is 23.9 Å². The number of carbonyl (C=O) groups is 4. The molecule has 8 heteroatoms. The van der Waals surface area contributed by atoms with Gasteiger partial charge in [-0.2, -0.15) is 0 Å². The Bertz CT molecular complexity index is 583. The molecule has 0 aliphatic heterocycles. The van der Waals surface area contributed by atoms with Crippen LogP contribution >= 0.6 is 0 Å². The number of hydrogen-bond acceptors (Lipinski definition) is 4. The van der Waals surface area contributed by atoms with Crippen molar-refractivity contribution in [1.82, 2.24) is 0 Å². The molecule has 8 nitrogen and oxygen atoms in total. The minimum Gasteiger partial charge on any atom is -0.481 e. The predicted molar refractivity (Wildman–Crippen MR) is 67.8 cm³/mol. The Morgan fingerprint density at radius 2 is 1.45 bits per heavy atom. The number of carboxylic acids is 4. The van der Waals surface area contributed by atoms with Crippen molar-refractivity contribution in [2.75, 3.05) is 0 Å². The van der Waals surface area contributed by atoms with Crippen LogP contribution in [0, 0.1) is 40.9 Å². The van der Waals surface area contributed by atoms with Crippen molar-refractivity contribution in [3.05, 3.63) is 0 Å². The third-order valence-corrected chi connectivity index (χ3v) is 6.03. The van der Waals surface area contributed by atoms with Crippen molar-refractivity contribution in [3.8, 4) is 0 Å². The van der Waals surface area contributed by atoms with Crippen LogP contribution < -0.4 is 0 Å². The first-order valence-corrected chi connectivity index (χ1v) is 7.11. The number of rotatable bonds is 5. The molecule has 3 fully saturated rings. The number of carboxylic acid groups (broad SMARTS) is 4. The molecule has 120 valence electrons. The molecule has 0 amide bonds. The minimum absolute atomic E-state index is 0.122. The van der Waals surface area contributed by atoms with E-state index in [1.807, 2.05) is 0 Å². The monoisotopic (exact) mass is 312 g/mol. The van der Waals surface area contributed by atoms with E-state index in [0.29, 0.717) is 6.42 Å². The van der Waals surface area contributed by atoms with Crippen LogP contribution in [0.4, 0.5) is 0 Å². The van der Waals surface area contributed by atoms with Crippen LogP contribution in [0.3, 0.4) is 0 Å². The second-order valence-corrected chi connectivity index (χ2v) is 6.72. The van der Waals surface area contributed by atoms with E-state index in [-0.39, 0.29) is 18.3 Å². The lowest BCUT2D eigenvalue weighted by molar-refractivity contribution is -0.192. The summed E-state index contributed by atoms with van der Waals surface area (Å²) in [5, 5.41) is 37.1. The van der Waals surface area contributed by atoms with Gasteiger partial charge in [0.15, 0.2) is 0 Å². The van der Waals surface area contributed by atoms with Crippen LogP contribution in [0.5, 0.6) is 0 Å². The van der Waals surface area contributed by atoms with Crippen LogP contribution in [0.2, 0.25) is 0 Å². The smallest absolute Gasteiger partial charge is 0.310 e. The SMILES string of the molecule is O=C(O)CC1(C(=O)O)CC2CC1C1C(C(=O)O)C(C(=O)O)C21. The lowest BCUT2D eigenvalue weighted by Gasteiger charge is -2.54. The van der Waals surface area contributed by atoms with E-state index < -0.39 is 59.4 Å². The molecule has 2 bridgehead atoms. The van der Waals surface area contributed by atoms with Gasteiger partial charge < -0.3 is 20.4 Å². The van der Waals surface area contributed by atoms with Crippen LogP contribution in [0.25, 0.3) is 0 Å². The summed E-state index contributed by atoms with van der Waals surface area (Å²) in [5.41, 5.74) is -1.46. The average Bonchev–Trinajstić information content (AvgIpc) is 2.78. The summed E-state index contributed by atoms with van der Waals surface area (Å²) < 4.78 is 0. The molecule has 0 aromatic heterocycles. The van der Waals surface area contributed by atoms with Crippen LogP contribution in [-0.4, -0.2) is 44.3 Å². The van der Waals surface area contributed by atoms with E-state index in [9.17, 15) is 34.5 Å². The Labute approximate surface area is 124 Å². The van der Waals surface area contributed by atoms with Gasteiger partial charge in [-0.05, 0) is 36.5 Å². The van der Waals surface area contributed by atoms with Crippen molar-refractivity contribution in [1.29, 1.82) is 0 Å². The summed E-state index contributed by atoms with van der Waals surface area (Å²) in [6.07, 6.45) is -0.0180. The molecule has 3 saturated carbocycles. The molecule has 7 unspecified atom stereocenters. The van der Waals surface area contributed by atoms with E-state index in [1.54, 1.807) is 0 Å². The fourth-order valence-corrected chi connectivity index (χ4v) is 5.44. The van der Waals surface area contributed by atoms with E-state index in [4.69, 9.17) is 5.11 Å². The summed E-state index contributed by atoms with van der Waals surface area (Å²) in [7, 11) is 0. The zero-order valence-corrected chi connectivity index (χ0v) is 11.5. The molecule has 0 radical (unpaired) electrons. The lowest BCUT2D eigenvalue weighted by Crippen LogP contribution is -2.60. The molecule has 0 saturated heterocycles. The van der Waals surface area contributed by atoms with E-state index >= 15 is 0 Å². The predicted octanol–water partition coefficient (Wildman–Crippen LogP) is 0.219. The van der Waals surface area contributed by atoms with Gasteiger partial charge in [0.25, 0.3) is 0 Å². The van der Waals surface area contributed by atoms with Gasteiger partial charge in [0.2, 0.25) is 0 Å². The van der Waals surface area contributed by atoms with E-state index in [1.165, 1.54) is 0 Å². The molecule has 7 atom stereocenters. The fraction of sp³-hybridized carbons (Fsp3) is 0.714. The van der Waals surface area contributed by atoms with Gasteiger partial charge in [0.1, 0.15) is 0 Å². The Morgan fingerprint density at radius 3 is 1.91 bits per heavy atom. The Morgan fingerprint density at radius 1 is 0.909 bits per heavy atom.